The standard InChI is InChI=1S/C42H27NO2/c44-42-36-19-7-8-20-40(36)45-41-27-33(21-22-37(41)42)31-16-9-15-30(23-31)32-17-10-18-34(24-32)39-26-35(28-11-3-1-4-12-28)25-38(43-39)29-13-5-2-6-14-29/h1-27H. The first-order chi connectivity index (χ1) is 22.2. The Morgan fingerprint density at radius 2 is 0.867 bits per heavy atom. The quantitative estimate of drug-likeness (QED) is 0.191. The van der Waals surface area contributed by atoms with E-state index in [0.717, 1.165) is 55.9 Å². The number of fused-ring (bicyclic) bond motifs is 2. The van der Waals surface area contributed by atoms with Crippen molar-refractivity contribution in [2.45, 2.75) is 0 Å². The van der Waals surface area contributed by atoms with Gasteiger partial charge in [-0.05, 0) is 81.9 Å². The van der Waals surface area contributed by atoms with Crippen LogP contribution in [-0.4, -0.2) is 4.98 Å². The lowest BCUT2D eigenvalue weighted by Gasteiger charge is -2.12. The lowest BCUT2D eigenvalue weighted by Crippen LogP contribution is -2.01. The van der Waals surface area contributed by atoms with Gasteiger partial charge in [0.25, 0.3) is 0 Å². The molecule has 0 N–H and O–H groups in total. The van der Waals surface area contributed by atoms with Crippen molar-refractivity contribution >= 4 is 21.9 Å². The molecule has 2 aromatic heterocycles. The highest BCUT2D eigenvalue weighted by Crippen LogP contribution is 2.34. The summed E-state index contributed by atoms with van der Waals surface area (Å²) >= 11 is 0. The van der Waals surface area contributed by atoms with E-state index in [0.29, 0.717) is 21.9 Å². The van der Waals surface area contributed by atoms with Crippen LogP contribution in [0.2, 0.25) is 0 Å². The summed E-state index contributed by atoms with van der Waals surface area (Å²) in [7, 11) is 0. The number of rotatable bonds is 5. The van der Waals surface area contributed by atoms with Crippen LogP contribution in [0.4, 0.5) is 0 Å². The number of pyridine rings is 1. The second kappa shape index (κ2) is 11.2. The van der Waals surface area contributed by atoms with Crippen molar-refractivity contribution < 1.29 is 4.42 Å². The molecular weight excluding hydrogens is 550 g/mol. The van der Waals surface area contributed by atoms with Gasteiger partial charge in [0.1, 0.15) is 11.2 Å². The van der Waals surface area contributed by atoms with Gasteiger partial charge in [-0.15, -0.1) is 0 Å². The van der Waals surface area contributed by atoms with Gasteiger partial charge in [0.05, 0.1) is 22.2 Å². The Hall–Kier alpha value is -6.06. The van der Waals surface area contributed by atoms with E-state index in [2.05, 4.69) is 97.1 Å². The number of aromatic nitrogens is 1. The third kappa shape index (κ3) is 5.11. The Bertz CT molecular complexity index is 2330. The molecule has 0 fully saturated rings. The summed E-state index contributed by atoms with van der Waals surface area (Å²) < 4.78 is 6.14. The van der Waals surface area contributed by atoms with Crippen LogP contribution in [0.5, 0.6) is 0 Å². The Kier molecular flexibility index (Phi) is 6.62. The maximum absolute atomic E-state index is 13.1. The van der Waals surface area contributed by atoms with E-state index < -0.39 is 0 Å². The van der Waals surface area contributed by atoms with E-state index in [1.54, 1.807) is 0 Å². The van der Waals surface area contributed by atoms with E-state index >= 15 is 0 Å². The molecule has 0 aliphatic heterocycles. The van der Waals surface area contributed by atoms with Gasteiger partial charge in [-0.2, -0.15) is 0 Å². The van der Waals surface area contributed by atoms with Gasteiger partial charge in [0, 0.05) is 11.1 Å². The zero-order valence-corrected chi connectivity index (χ0v) is 24.4. The summed E-state index contributed by atoms with van der Waals surface area (Å²) in [6, 6.07) is 55.3. The van der Waals surface area contributed by atoms with Gasteiger partial charge in [0.15, 0.2) is 0 Å². The smallest absolute Gasteiger partial charge is 0.200 e. The molecule has 8 rings (SSSR count). The summed E-state index contributed by atoms with van der Waals surface area (Å²) in [5, 5.41) is 1.18. The fraction of sp³-hybridized carbons (Fsp3) is 0. The molecule has 6 aromatic carbocycles. The van der Waals surface area contributed by atoms with Crippen LogP contribution in [0, 0.1) is 0 Å². The minimum Gasteiger partial charge on any atom is -0.456 e. The topological polar surface area (TPSA) is 43.1 Å². The van der Waals surface area contributed by atoms with E-state index in [-0.39, 0.29) is 5.43 Å². The van der Waals surface area contributed by atoms with Crippen LogP contribution in [0.1, 0.15) is 0 Å². The number of hydrogen-bond acceptors (Lipinski definition) is 3. The summed E-state index contributed by atoms with van der Waals surface area (Å²) in [6.45, 7) is 0. The largest absolute Gasteiger partial charge is 0.456 e. The first-order valence-corrected chi connectivity index (χ1v) is 15.0. The molecule has 2 heterocycles. The van der Waals surface area contributed by atoms with Crippen LogP contribution in [0.3, 0.4) is 0 Å². The Labute approximate surface area is 260 Å². The summed E-state index contributed by atoms with van der Waals surface area (Å²) in [5.74, 6) is 0. The Morgan fingerprint density at radius 3 is 1.58 bits per heavy atom. The van der Waals surface area contributed by atoms with Crippen LogP contribution >= 0.6 is 0 Å². The minimum atomic E-state index is -0.00988. The van der Waals surface area contributed by atoms with E-state index in [1.165, 1.54) is 0 Å². The molecule has 0 radical (unpaired) electrons. The Balaban J connectivity index is 1.20. The maximum atomic E-state index is 13.1. The molecule has 0 saturated heterocycles. The fourth-order valence-electron chi connectivity index (χ4n) is 5.95. The highest BCUT2D eigenvalue weighted by Gasteiger charge is 2.12. The van der Waals surface area contributed by atoms with Crippen molar-refractivity contribution in [1.82, 2.24) is 4.98 Å². The van der Waals surface area contributed by atoms with Crippen LogP contribution in [-0.2, 0) is 0 Å². The highest BCUT2D eigenvalue weighted by molar-refractivity contribution is 5.92. The van der Waals surface area contributed by atoms with Gasteiger partial charge in [-0.1, -0.05) is 115 Å². The number of benzene rings is 6. The van der Waals surface area contributed by atoms with Crippen molar-refractivity contribution in [3.8, 4) is 55.9 Å². The zero-order chi connectivity index (χ0) is 30.2. The Morgan fingerprint density at radius 1 is 0.356 bits per heavy atom. The lowest BCUT2D eigenvalue weighted by molar-refractivity contribution is 0.660. The molecule has 212 valence electrons. The van der Waals surface area contributed by atoms with Gasteiger partial charge in [0.2, 0.25) is 5.43 Å². The minimum absolute atomic E-state index is 0.00988. The van der Waals surface area contributed by atoms with Gasteiger partial charge in [-0.3, -0.25) is 4.79 Å². The normalized spacial score (nSPS) is 11.2. The van der Waals surface area contributed by atoms with E-state index in [4.69, 9.17) is 9.40 Å². The van der Waals surface area contributed by atoms with Crippen molar-refractivity contribution in [2.24, 2.45) is 0 Å². The van der Waals surface area contributed by atoms with Crippen molar-refractivity contribution in [3.63, 3.8) is 0 Å². The zero-order valence-electron chi connectivity index (χ0n) is 24.4. The summed E-state index contributed by atoms with van der Waals surface area (Å²) in [6.07, 6.45) is 0. The van der Waals surface area contributed by atoms with Crippen molar-refractivity contribution in [3.05, 3.63) is 174 Å². The second-order valence-corrected chi connectivity index (χ2v) is 11.2. The molecule has 0 amide bonds. The third-order valence-electron chi connectivity index (χ3n) is 8.27. The average Bonchev–Trinajstić information content (AvgIpc) is 3.12. The molecule has 3 nitrogen and oxygen atoms in total. The van der Waals surface area contributed by atoms with Gasteiger partial charge < -0.3 is 4.42 Å². The van der Waals surface area contributed by atoms with Crippen molar-refractivity contribution in [2.75, 3.05) is 0 Å². The molecule has 0 bridgehead atoms. The molecule has 45 heavy (non-hydrogen) atoms. The van der Waals surface area contributed by atoms with Crippen LogP contribution in [0.25, 0.3) is 77.8 Å². The first kappa shape index (κ1) is 26.6. The van der Waals surface area contributed by atoms with Gasteiger partial charge >= 0.3 is 0 Å². The van der Waals surface area contributed by atoms with Crippen LogP contribution in [0.15, 0.2) is 173 Å². The predicted molar refractivity (Wildman–Crippen MR) is 185 cm³/mol. The summed E-state index contributed by atoms with van der Waals surface area (Å²) in [5.41, 5.74) is 11.7. The van der Waals surface area contributed by atoms with Crippen molar-refractivity contribution in [1.29, 1.82) is 0 Å². The molecule has 3 heteroatoms. The summed E-state index contributed by atoms with van der Waals surface area (Å²) in [4.78, 5) is 18.2. The van der Waals surface area contributed by atoms with E-state index in [1.807, 2.05) is 66.7 Å². The molecule has 0 unspecified atom stereocenters. The fourth-order valence-corrected chi connectivity index (χ4v) is 5.95. The molecule has 0 aliphatic carbocycles. The highest BCUT2D eigenvalue weighted by atomic mass is 16.3. The van der Waals surface area contributed by atoms with E-state index in [9.17, 15) is 4.79 Å². The maximum Gasteiger partial charge on any atom is 0.200 e. The molecule has 0 spiro atoms. The molecule has 0 atom stereocenters. The second-order valence-electron chi connectivity index (χ2n) is 11.2. The molecule has 0 saturated carbocycles. The predicted octanol–water partition coefficient (Wildman–Crippen LogP) is 10.7. The first-order valence-electron chi connectivity index (χ1n) is 15.0. The molecule has 0 aliphatic rings. The number of hydrogen-bond donors (Lipinski definition) is 0. The average molecular weight is 578 g/mol. The molecule has 8 aromatic rings. The third-order valence-corrected chi connectivity index (χ3v) is 8.27. The number of nitrogens with zero attached hydrogens (tertiary/aromatic N) is 1. The van der Waals surface area contributed by atoms with Gasteiger partial charge in [-0.25, -0.2) is 4.98 Å². The number of para-hydroxylation sites is 1. The SMILES string of the molecule is O=c1c2ccccc2oc2cc(-c3cccc(-c4cccc(-c5cc(-c6ccccc6)cc(-c6ccccc6)n5)c4)c3)ccc12. The molecular formula is C42H27NO2. The van der Waals surface area contributed by atoms with Crippen LogP contribution < -0.4 is 5.43 Å². The monoisotopic (exact) mass is 577 g/mol. The lowest BCUT2D eigenvalue weighted by atomic mass is 9.96.